The molecule has 0 saturated carbocycles. The molecule has 0 spiro atoms. The minimum Gasteiger partial charge on any atom is -0.481 e. The molecule has 1 aromatic carbocycles. The number of rotatable bonds is 0. The second-order valence-electron chi connectivity index (χ2n) is 3.05. The third-order valence-electron chi connectivity index (χ3n) is 1.94. The Balaban J connectivity index is 2.53. The van der Waals surface area contributed by atoms with Crippen LogP contribution < -0.4 is 15.8 Å². The predicted molar refractivity (Wildman–Crippen MR) is 49.7 cm³/mol. The fraction of sp³-hybridized carbons (Fsp3) is 0.222. The smallest absolute Gasteiger partial charge is 0.262 e. The number of nitrogen functional groups attached to an aromatic ring is 1. The fourth-order valence-electron chi connectivity index (χ4n) is 1.37. The van der Waals surface area contributed by atoms with Gasteiger partial charge in [-0.05, 0) is 18.6 Å². The van der Waals surface area contributed by atoms with Crippen molar-refractivity contribution < 1.29 is 9.53 Å². The SMILES string of the molecule is Cc1cc(N)cc2c1NC(=O)CO2. The average molecular weight is 178 g/mol. The maximum atomic E-state index is 11.0. The highest BCUT2D eigenvalue weighted by molar-refractivity contribution is 5.96. The Kier molecular flexibility index (Phi) is 1.62. The molecule has 13 heavy (non-hydrogen) atoms. The molecular formula is C9H10N2O2. The molecule has 1 heterocycles. The van der Waals surface area contributed by atoms with Crippen LogP contribution >= 0.6 is 0 Å². The number of aryl methyl sites for hydroxylation is 1. The van der Waals surface area contributed by atoms with E-state index < -0.39 is 0 Å². The first-order chi connectivity index (χ1) is 6.16. The van der Waals surface area contributed by atoms with Gasteiger partial charge in [-0.15, -0.1) is 0 Å². The van der Waals surface area contributed by atoms with Crippen LogP contribution in [0.25, 0.3) is 0 Å². The number of nitrogens with one attached hydrogen (secondary N) is 1. The summed E-state index contributed by atoms with van der Waals surface area (Å²) in [6.45, 7) is 1.94. The number of anilines is 2. The van der Waals surface area contributed by atoms with Crippen LogP contribution in [0.1, 0.15) is 5.56 Å². The molecule has 0 saturated heterocycles. The van der Waals surface area contributed by atoms with Crippen LogP contribution in [-0.2, 0) is 4.79 Å². The number of carbonyl (C=O) groups excluding carboxylic acids is 1. The number of nitrogens with two attached hydrogens (primary N) is 1. The van der Waals surface area contributed by atoms with Gasteiger partial charge in [0.25, 0.3) is 5.91 Å². The van der Waals surface area contributed by atoms with Crippen LogP contribution in [0.5, 0.6) is 5.75 Å². The fourth-order valence-corrected chi connectivity index (χ4v) is 1.37. The maximum absolute atomic E-state index is 11.0. The lowest BCUT2D eigenvalue weighted by Crippen LogP contribution is -2.26. The van der Waals surface area contributed by atoms with E-state index in [1.54, 1.807) is 12.1 Å². The molecule has 3 N–H and O–H groups in total. The summed E-state index contributed by atoms with van der Waals surface area (Å²) in [6, 6.07) is 3.51. The van der Waals surface area contributed by atoms with E-state index in [1.165, 1.54) is 0 Å². The Morgan fingerprint density at radius 1 is 1.54 bits per heavy atom. The molecule has 0 unspecified atom stereocenters. The molecule has 0 bridgehead atoms. The second-order valence-corrected chi connectivity index (χ2v) is 3.05. The summed E-state index contributed by atoms with van der Waals surface area (Å²) < 4.78 is 5.21. The van der Waals surface area contributed by atoms with E-state index in [0.29, 0.717) is 11.4 Å². The third-order valence-corrected chi connectivity index (χ3v) is 1.94. The number of carbonyl (C=O) groups is 1. The second kappa shape index (κ2) is 2.65. The van der Waals surface area contributed by atoms with Gasteiger partial charge < -0.3 is 15.8 Å². The summed E-state index contributed by atoms with van der Waals surface area (Å²) in [4.78, 5) is 11.0. The third kappa shape index (κ3) is 1.30. The zero-order valence-electron chi connectivity index (χ0n) is 7.26. The number of ether oxygens (including phenoxy) is 1. The highest BCUT2D eigenvalue weighted by Gasteiger charge is 2.17. The molecule has 1 aliphatic heterocycles. The maximum Gasteiger partial charge on any atom is 0.262 e. The van der Waals surface area contributed by atoms with Gasteiger partial charge in [0.1, 0.15) is 5.75 Å². The van der Waals surface area contributed by atoms with Gasteiger partial charge in [0.2, 0.25) is 0 Å². The summed E-state index contributed by atoms with van der Waals surface area (Å²) in [5, 5.41) is 2.74. The van der Waals surface area contributed by atoms with E-state index in [0.717, 1.165) is 11.3 Å². The zero-order chi connectivity index (χ0) is 9.42. The van der Waals surface area contributed by atoms with Gasteiger partial charge in [0, 0.05) is 11.8 Å². The quantitative estimate of drug-likeness (QED) is 0.580. The molecule has 4 heteroatoms. The first-order valence-corrected chi connectivity index (χ1v) is 3.99. The largest absolute Gasteiger partial charge is 0.481 e. The van der Waals surface area contributed by atoms with Gasteiger partial charge in [-0.25, -0.2) is 0 Å². The molecule has 4 nitrogen and oxygen atoms in total. The molecule has 1 aromatic rings. The Hall–Kier alpha value is -1.71. The van der Waals surface area contributed by atoms with Crippen LogP contribution in [-0.4, -0.2) is 12.5 Å². The van der Waals surface area contributed by atoms with Gasteiger partial charge in [0.15, 0.2) is 6.61 Å². The van der Waals surface area contributed by atoms with E-state index in [9.17, 15) is 4.79 Å². The van der Waals surface area contributed by atoms with E-state index in [-0.39, 0.29) is 12.5 Å². The van der Waals surface area contributed by atoms with Crippen molar-refractivity contribution in [3.05, 3.63) is 17.7 Å². The molecule has 1 amide bonds. The predicted octanol–water partition coefficient (Wildman–Crippen LogP) is 0.908. The van der Waals surface area contributed by atoms with E-state index in [1.807, 2.05) is 6.92 Å². The summed E-state index contributed by atoms with van der Waals surface area (Å²) in [5.74, 6) is 0.525. The molecule has 2 rings (SSSR count). The summed E-state index contributed by atoms with van der Waals surface area (Å²) in [5.41, 5.74) is 7.92. The van der Waals surface area contributed by atoms with Crippen LogP contribution in [0, 0.1) is 6.92 Å². The first kappa shape index (κ1) is 7.91. The van der Waals surface area contributed by atoms with Crippen LogP contribution in [0.2, 0.25) is 0 Å². The van der Waals surface area contributed by atoms with Gasteiger partial charge in [-0.2, -0.15) is 0 Å². The van der Waals surface area contributed by atoms with Gasteiger partial charge in [0.05, 0.1) is 5.69 Å². The monoisotopic (exact) mass is 178 g/mol. The minimum absolute atomic E-state index is 0.0654. The van der Waals surface area contributed by atoms with Crippen molar-refractivity contribution in [3.8, 4) is 5.75 Å². The standard InChI is InChI=1S/C9H10N2O2/c1-5-2-6(10)3-7-9(5)11-8(12)4-13-7/h2-3H,4,10H2,1H3,(H,11,12). The number of hydrogen-bond acceptors (Lipinski definition) is 3. The van der Waals surface area contributed by atoms with Gasteiger partial charge in [-0.3, -0.25) is 4.79 Å². The highest BCUT2D eigenvalue weighted by Crippen LogP contribution is 2.33. The van der Waals surface area contributed by atoms with Gasteiger partial charge in [-0.1, -0.05) is 0 Å². The van der Waals surface area contributed by atoms with Crippen molar-refractivity contribution in [3.63, 3.8) is 0 Å². The summed E-state index contributed by atoms with van der Waals surface area (Å²) >= 11 is 0. The van der Waals surface area contributed by atoms with Crippen molar-refractivity contribution >= 4 is 17.3 Å². The van der Waals surface area contributed by atoms with Crippen molar-refractivity contribution in [1.29, 1.82) is 0 Å². The topological polar surface area (TPSA) is 64.3 Å². The van der Waals surface area contributed by atoms with E-state index >= 15 is 0 Å². The van der Waals surface area contributed by atoms with Crippen molar-refractivity contribution in [2.75, 3.05) is 17.7 Å². The molecule has 0 aliphatic carbocycles. The lowest BCUT2D eigenvalue weighted by atomic mass is 10.1. The molecule has 1 aliphatic rings. The molecule has 0 atom stereocenters. The van der Waals surface area contributed by atoms with Gasteiger partial charge >= 0.3 is 0 Å². The van der Waals surface area contributed by atoms with Crippen LogP contribution in [0.15, 0.2) is 12.1 Å². The Morgan fingerprint density at radius 2 is 2.31 bits per heavy atom. The van der Waals surface area contributed by atoms with Crippen molar-refractivity contribution in [1.82, 2.24) is 0 Å². The van der Waals surface area contributed by atoms with E-state index in [2.05, 4.69) is 5.32 Å². The number of amides is 1. The minimum atomic E-state index is -0.125. The molecule has 0 radical (unpaired) electrons. The molecule has 0 aromatic heterocycles. The van der Waals surface area contributed by atoms with Crippen LogP contribution in [0.4, 0.5) is 11.4 Å². The zero-order valence-corrected chi connectivity index (χ0v) is 7.26. The van der Waals surface area contributed by atoms with Crippen molar-refractivity contribution in [2.24, 2.45) is 0 Å². The first-order valence-electron chi connectivity index (χ1n) is 3.99. The Morgan fingerprint density at radius 3 is 3.08 bits per heavy atom. The number of hydrogen-bond donors (Lipinski definition) is 2. The normalized spacial score (nSPS) is 14.4. The number of benzene rings is 1. The lowest BCUT2D eigenvalue weighted by molar-refractivity contribution is -0.118. The Bertz CT molecular complexity index is 374. The average Bonchev–Trinajstić information content (AvgIpc) is 2.06. The van der Waals surface area contributed by atoms with E-state index in [4.69, 9.17) is 10.5 Å². The van der Waals surface area contributed by atoms with Crippen LogP contribution in [0.3, 0.4) is 0 Å². The summed E-state index contributed by atoms with van der Waals surface area (Å²) in [7, 11) is 0. The molecular weight excluding hydrogens is 168 g/mol. The number of fused-ring (bicyclic) bond motifs is 1. The molecule has 0 fully saturated rings. The lowest BCUT2D eigenvalue weighted by Gasteiger charge is -2.19. The van der Waals surface area contributed by atoms with Crippen molar-refractivity contribution in [2.45, 2.75) is 6.92 Å². The summed E-state index contributed by atoms with van der Waals surface area (Å²) in [6.07, 6.45) is 0. The molecule has 68 valence electrons. The highest BCUT2D eigenvalue weighted by atomic mass is 16.5. The Labute approximate surface area is 75.7 Å².